The van der Waals surface area contributed by atoms with Crippen LogP contribution in [-0.4, -0.2) is 6.73 Å². The van der Waals surface area contributed by atoms with Gasteiger partial charge in [-0.3, -0.25) is 0 Å². The average Bonchev–Trinajstić information content (AvgIpc) is 2.81. The quantitative estimate of drug-likeness (QED) is 0.128. The molecule has 0 aromatic heterocycles. The molecule has 0 spiro atoms. The van der Waals surface area contributed by atoms with E-state index in [0.29, 0.717) is 0 Å². The zero-order valence-corrected chi connectivity index (χ0v) is 23.2. The van der Waals surface area contributed by atoms with Gasteiger partial charge in [-0.25, -0.2) is 0 Å². The number of halogens is 3. The van der Waals surface area contributed by atoms with Crippen molar-refractivity contribution >= 4 is 61.5 Å². The lowest BCUT2D eigenvalue weighted by atomic mass is 9.86. The zero-order valence-electron chi connectivity index (χ0n) is 19.8. The van der Waals surface area contributed by atoms with Gasteiger partial charge in [-0.05, 0) is 58.4 Å². The molecule has 0 unspecified atom stereocenters. The fourth-order valence-corrected chi connectivity index (χ4v) is 4.55. The van der Waals surface area contributed by atoms with E-state index in [4.69, 9.17) is 33.2 Å². The predicted octanol–water partition coefficient (Wildman–Crippen LogP) is 10.4. The Morgan fingerprint density at radius 1 is 0.625 bits per heavy atom. The molecule has 1 aliphatic rings. The molecular weight excluding hydrogens is 471 g/mol. The summed E-state index contributed by atoms with van der Waals surface area (Å²) in [7, 11) is 0. The van der Waals surface area contributed by atoms with E-state index in [9.17, 15) is 0 Å². The molecule has 176 valence electrons. The van der Waals surface area contributed by atoms with Crippen molar-refractivity contribution in [3.05, 3.63) is 59.7 Å². The maximum Gasteiger partial charge on any atom is 0.326 e. The number of unbranched alkanes of at least 4 members (excludes halogenated alkanes) is 7. The molecule has 0 saturated carbocycles. The third kappa shape index (κ3) is 9.25. The highest BCUT2D eigenvalue weighted by atomic mass is 35.8. The second-order valence-electron chi connectivity index (χ2n) is 8.66. The maximum atomic E-state index is 4.94. The zero-order chi connectivity index (χ0) is 23.2. The van der Waals surface area contributed by atoms with E-state index in [1.54, 1.807) is 11.1 Å². The Bertz CT molecular complexity index is 912. The first kappa shape index (κ1) is 27.5. The monoisotopic (exact) mass is 508 g/mol. The Morgan fingerprint density at radius 2 is 1.19 bits per heavy atom. The van der Waals surface area contributed by atoms with Gasteiger partial charge in [-0.1, -0.05) is 114 Å². The topological polar surface area (TPSA) is 0 Å². The summed E-state index contributed by atoms with van der Waals surface area (Å²) in [6.45, 7) is 2.82. The summed E-state index contributed by atoms with van der Waals surface area (Å²) < 4.78 is 0. The van der Waals surface area contributed by atoms with Crippen LogP contribution in [-0.2, 0) is 12.8 Å². The van der Waals surface area contributed by atoms with E-state index in [2.05, 4.69) is 62.4 Å². The third-order valence-electron chi connectivity index (χ3n) is 6.21. The Morgan fingerprint density at radius 3 is 1.84 bits per heavy atom. The van der Waals surface area contributed by atoms with Crippen LogP contribution in [0.2, 0.25) is 0 Å². The van der Waals surface area contributed by atoms with Gasteiger partial charge in [0.15, 0.2) is 0 Å². The molecule has 0 saturated heterocycles. The predicted molar refractivity (Wildman–Crippen MR) is 151 cm³/mol. The molecule has 0 nitrogen and oxygen atoms in total. The van der Waals surface area contributed by atoms with Crippen molar-refractivity contribution < 1.29 is 0 Å². The summed E-state index contributed by atoms with van der Waals surface area (Å²) in [4.78, 5) is 0. The van der Waals surface area contributed by atoms with Crippen LogP contribution in [0.5, 0.6) is 0 Å². The van der Waals surface area contributed by atoms with Gasteiger partial charge in [-0.15, -0.1) is 33.2 Å². The minimum absolute atomic E-state index is 1.25. The summed E-state index contributed by atoms with van der Waals surface area (Å²) in [5.41, 5.74) is 3.17. The lowest BCUT2D eigenvalue weighted by Crippen LogP contribution is -2.02. The van der Waals surface area contributed by atoms with Crippen LogP contribution >= 0.6 is 33.2 Å². The highest BCUT2D eigenvalue weighted by molar-refractivity contribution is 7.54. The van der Waals surface area contributed by atoms with Gasteiger partial charge in [0.1, 0.15) is 0 Å². The smallest absolute Gasteiger partial charge is 0.130 e. The number of hydrogen-bond donors (Lipinski definition) is 0. The molecule has 0 N–H and O–H groups in total. The molecule has 0 fully saturated rings. The van der Waals surface area contributed by atoms with Crippen LogP contribution in [0.1, 0.15) is 89.2 Å². The molecule has 0 heterocycles. The molecule has 32 heavy (non-hydrogen) atoms. The second kappa shape index (κ2) is 16.0. The molecule has 0 radical (unpaired) electrons. The normalized spacial score (nSPS) is 12.7. The molecule has 3 aromatic carbocycles. The van der Waals surface area contributed by atoms with Crippen LogP contribution in [0.25, 0.3) is 21.5 Å². The van der Waals surface area contributed by atoms with Crippen LogP contribution in [0.15, 0.2) is 48.5 Å². The van der Waals surface area contributed by atoms with Gasteiger partial charge in [0.05, 0.1) is 0 Å². The minimum atomic E-state index is -1.72. The molecule has 0 bridgehead atoms. The standard InChI is InChI=1S/C18H16.C10H22.Cl3HSi/c1-3-7-15-13(5-1)9-11-18-16-8-4-2-6-14(16)10-12-17(15)18;1-3-5-7-9-10-8-6-4-2;1-4(2)3/h1,3,5,7,9-12H,2,4,6,8H2;3-10H2,1-2H3;4H. The lowest BCUT2D eigenvalue weighted by Gasteiger charge is -2.18. The number of benzene rings is 3. The molecule has 0 amide bonds. The van der Waals surface area contributed by atoms with Gasteiger partial charge < -0.3 is 0 Å². The van der Waals surface area contributed by atoms with E-state index in [-0.39, 0.29) is 0 Å². The Labute approximate surface area is 211 Å². The second-order valence-corrected chi connectivity index (χ2v) is 15.1. The first-order valence-electron chi connectivity index (χ1n) is 12.4. The minimum Gasteiger partial charge on any atom is -0.130 e. The average molecular weight is 510 g/mol. The van der Waals surface area contributed by atoms with Crippen molar-refractivity contribution in [2.45, 2.75) is 90.9 Å². The summed E-state index contributed by atoms with van der Waals surface area (Å²) >= 11 is 14.8. The van der Waals surface area contributed by atoms with E-state index in [1.165, 1.54) is 98.6 Å². The van der Waals surface area contributed by atoms with Crippen molar-refractivity contribution in [2.24, 2.45) is 0 Å². The summed E-state index contributed by atoms with van der Waals surface area (Å²) in [6.07, 6.45) is 16.7. The molecule has 3 aromatic rings. The van der Waals surface area contributed by atoms with Crippen molar-refractivity contribution in [3.8, 4) is 0 Å². The summed E-state index contributed by atoms with van der Waals surface area (Å²) in [5, 5.41) is 5.64. The molecule has 0 aliphatic heterocycles. The number of aryl methyl sites for hydroxylation is 2. The van der Waals surface area contributed by atoms with Gasteiger partial charge in [0, 0.05) is 0 Å². The Hall–Kier alpha value is -0.733. The maximum absolute atomic E-state index is 4.94. The van der Waals surface area contributed by atoms with E-state index >= 15 is 0 Å². The Balaban J connectivity index is 0.000000222. The highest BCUT2D eigenvalue weighted by Crippen LogP contribution is 2.33. The fourth-order valence-electron chi connectivity index (χ4n) is 4.55. The third-order valence-corrected chi connectivity index (χ3v) is 6.21. The number of rotatable bonds is 7. The first-order valence-corrected chi connectivity index (χ1v) is 17.7. The molecular formula is C28H39Cl3Si. The van der Waals surface area contributed by atoms with E-state index in [1.807, 2.05) is 0 Å². The molecule has 4 rings (SSSR count). The van der Waals surface area contributed by atoms with Crippen molar-refractivity contribution in [1.82, 2.24) is 0 Å². The Kier molecular flexibility index (Phi) is 13.7. The van der Waals surface area contributed by atoms with Crippen LogP contribution < -0.4 is 0 Å². The molecule has 0 atom stereocenters. The highest BCUT2D eigenvalue weighted by Gasteiger charge is 2.13. The number of fused-ring (bicyclic) bond motifs is 5. The van der Waals surface area contributed by atoms with Crippen LogP contribution in [0.3, 0.4) is 0 Å². The van der Waals surface area contributed by atoms with Gasteiger partial charge in [-0.2, -0.15) is 0 Å². The SMILES string of the molecule is CCCCCCCCCC.Cl[SiH](Cl)Cl.c1ccc2c(c1)ccc1c3c(ccc12)CCCC3. The van der Waals surface area contributed by atoms with Crippen molar-refractivity contribution in [1.29, 1.82) is 0 Å². The van der Waals surface area contributed by atoms with Gasteiger partial charge in [0.25, 0.3) is 0 Å². The summed E-state index contributed by atoms with van der Waals surface area (Å²) in [6, 6.07) is 18.0. The van der Waals surface area contributed by atoms with Crippen LogP contribution in [0, 0.1) is 0 Å². The van der Waals surface area contributed by atoms with Crippen molar-refractivity contribution in [2.75, 3.05) is 0 Å². The first-order chi connectivity index (χ1) is 15.6. The fraction of sp³-hybridized carbons (Fsp3) is 0.500. The van der Waals surface area contributed by atoms with E-state index < -0.39 is 6.73 Å². The molecule has 4 heteroatoms. The van der Waals surface area contributed by atoms with Gasteiger partial charge in [0.2, 0.25) is 0 Å². The summed E-state index contributed by atoms with van der Waals surface area (Å²) in [5.74, 6) is 0. The van der Waals surface area contributed by atoms with Crippen molar-refractivity contribution in [3.63, 3.8) is 0 Å². The van der Waals surface area contributed by atoms with Crippen LogP contribution in [0.4, 0.5) is 0 Å². The van der Waals surface area contributed by atoms with E-state index in [0.717, 1.165) is 0 Å². The number of hydrogen-bond acceptors (Lipinski definition) is 0. The lowest BCUT2D eigenvalue weighted by molar-refractivity contribution is 0.585. The van der Waals surface area contributed by atoms with Gasteiger partial charge >= 0.3 is 6.73 Å². The largest absolute Gasteiger partial charge is 0.326 e. The molecule has 1 aliphatic carbocycles.